The molecule has 0 N–H and O–H groups in total. The summed E-state index contributed by atoms with van der Waals surface area (Å²) in [7, 11) is 0. The van der Waals surface area contributed by atoms with Crippen LogP contribution < -0.4 is 0 Å². The molecule has 15 heavy (non-hydrogen) atoms. The Balaban J connectivity index is 2.32. The van der Waals surface area contributed by atoms with E-state index in [0.717, 1.165) is 12.0 Å². The largest absolute Gasteiger partial charge is 0.299 e. The summed E-state index contributed by atoms with van der Waals surface area (Å²) in [5, 5.41) is 0.268. The number of hydrogen-bond acceptors (Lipinski definition) is 2. The molecule has 0 saturated heterocycles. The molecule has 0 atom stereocenters. The molecule has 3 heteroatoms. The smallest absolute Gasteiger partial charge is 0.150 e. The van der Waals surface area contributed by atoms with Crippen molar-refractivity contribution in [2.45, 2.75) is 19.3 Å². The van der Waals surface area contributed by atoms with Crippen LogP contribution in [-0.2, 0) is 16.0 Å². The van der Waals surface area contributed by atoms with Crippen LogP contribution >= 0.6 is 15.9 Å². The van der Waals surface area contributed by atoms with Crippen molar-refractivity contribution < 1.29 is 9.59 Å². The van der Waals surface area contributed by atoms with Crippen molar-refractivity contribution in [2.75, 3.05) is 5.33 Å². The maximum Gasteiger partial charge on any atom is 0.150 e. The molecular weight excluding hydrogens is 256 g/mol. The first-order valence-corrected chi connectivity index (χ1v) is 5.98. The maximum absolute atomic E-state index is 11.3. The molecule has 0 heterocycles. The van der Waals surface area contributed by atoms with Crippen molar-refractivity contribution >= 4 is 27.5 Å². The quantitative estimate of drug-likeness (QED) is 0.587. The molecule has 0 aliphatic heterocycles. The van der Waals surface area contributed by atoms with E-state index in [-0.39, 0.29) is 23.3 Å². The fraction of sp³-hybridized carbons (Fsp3) is 0.333. The maximum atomic E-state index is 11.3. The molecule has 0 spiro atoms. The third kappa shape index (κ3) is 4.88. The predicted molar refractivity (Wildman–Crippen MR) is 63.2 cm³/mol. The zero-order chi connectivity index (χ0) is 11.1. The Labute approximate surface area is 97.8 Å². The first-order valence-electron chi connectivity index (χ1n) is 4.85. The highest BCUT2D eigenvalue weighted by molar-refractivity contribution is 9.09. The van der Waals surface area contributed by atoms with Crippen molar-refractivity contribution in [1.29, 1.82) is 0 Å². The lowest BCUT2D eigenvalue weighted by atomic mass is 10.1. The zero-order valence-corrected chi connectivity index (χ0v) is 10.00. The normalized spacial score (nSPS) is 9.93. The fourth-order valence-corrected chi connectivity index (χ4v) is 1.48. The lowest BCUT2D eigenvalue weighted by Gasteiger charge is -1.99. The van der Waals surface area contributed by atoms with Crippen LogP contribution in [0, 0.1) is 0 Å². The number of alkyl halides is 1. The lowest BCUT2D eigenvalue weighted by Crippen LogP contribution is -2.09. The minimum Gasteiger partial charge on any atom is -0.299 e. The van der Waals surface area contributed by atoms with Gasteiger partial charge >= 0.3 is 0 Å². The number of carbonyl (C=O) groups is 2. The number of benzene rings is 1. The van der Waals surface area contributed by atoms with Gasteiger partial charge in [0.15, 0.2) is 5.78 Å². The van der Waals surface area contributed by atoms with Crippen LogP contribution in [0.5, 0.6) is 0 Å². The van der Waals surface area contributed by atoms with Gasteiger partial charge in [-0.25, -0.2) is 0 Å². The first kappa shape index (κ1) is 12.1. The Morgan fingerprint density at radius 1 is 1.07 bits per heavy atom. The van der Waals surface area contributed by atoms with E-state index in [4.69, 9.17) is 0 Å². The second-order valence-corrected chi connectivity index (χ2v) is 3.93. The third-order valence-corrected chi connectivity index (χ3v) is 2.70. The fourth-order valence-electron chi connectivity index (χ4n) is 1.28. The average molecular weight is 269 g/mol. The molecule has 0 amide bonds. The molecule has 0 bridgehead atoms. The molecule has 0 radical (unpaired) electrons. The molecule has 0 saturated carbocycles. The van der Waals surface area contributed by atoms with Crippen LogP contribution in [0.3, 0.4) is 0 Å². The van der Waals surface area contributed by atoms with Crippen molar-refractivity contribution in [3.63, 3.8) is 0 Å². The Kier molecular flexibility index (Phi) is 5.26. The second-order valence-electron chi connectivity index (χ2n) is 3.37. The first-order chi connectivity index (χ1) is 7.22. The van der Waals surface area contributed by atoms with E-state index >= 15 is 0 Å². The summed E-state index contributed by atoms with van der Waals surface area (Å²) in [6.07, 6.45) is 1.22. The van der Waals surface area contributed by atoms with Crippen molar-refractivity contribution in [1.82, 2.24) is 0 Å². The van der Waals surface area contributed by atoms with Gasteiger partial charge in [0.1, 0.15) is 5.78 Å². The molecule has 80 valence electrons. The number of Topliss-reactive ketones (excluding diaryl/α,β-unsaturated/α-hetero) is 2. The van der Waals surface area contributed by atoms with Gasteiger partial charge in [0.25, 0.3) is 0 Å². The summed E-state index contributed by atoms with van der Waals surface area (Å²) in [6.45, 7) is 0. The molecule has 0 aliphatic rings. The minimum atomic E-state index is -0.0481. The van der Waals surface area contributed by atoms with E-state index in [0.29, 0.717) is 6.42 Å². The van der Waals surface area contributed by atoms with Crippen LogP contribution in [0.2, 0.25) is 0 Å². The van der Waals surface area contributed by atoms with Gasteiger partial charge in [-0.2, -0.15) is 0 Å². The number of aryl methyl sites for hydroxylation is 1. The molecule has 2 nitrogen and oxygen atoms in total. The highest BCUT2D eigenvalue weighted by Crippen LogP contribution is 2.04. The van der Waals surface area contributed by atoms with Gasteiger partial charge in [0.05, 0.1) is 11.8 Å². The van der Waals surface area contributed by atoms with Crippen molar-refractivity contribution in [3.8, 4) is 0 Å². The van der Waals surface area contributed by atoms with E-state index in [9.17, 15) is 9.59 Å². The number of carbonyl (C=O) groups excluding carboxylic acids is 2. The van der Waals surface area contributed by atoms with Gasteiger partial charge in [-0.3, -0.25) is 9.59 Å². The molecule has 1 rings (SSSR count). The lowest BCUT2D eigenvalue weighted by molar-refractivity contribution is -0.125. The van der Waals surface area contributed by atoms with Gasteiger partial charge < -0.3 is 0 Å². The second kappa shape index (κ2) is 6.51. The number of halogens is 1. The number of ketones is 2. The Bertz CT molecular complexity index is 333. The molecule has 1 aromatic rings. The average Bonchev–Trinajstić information content (AvgIpc) is 2.27. The summed E-state index contributed by atoms with van der Waals surface area (Å²) in [5.74, 6) is -0.0311. The highest BCUT2D eigenvalue weighted by atomic mass is 79.9. The van der Waals surface area contributed by atoms with Crippen LogP contribution in [0.4, 0.5) is 0 Å². The molecule has 1 aromatic carbocycles. The van der Waals surface area contributed by atoms with Gasteiger partial charge in [0.2, 0.25) is 0 Å². The third-order valence-electron chi connectivity index (χ3n) is 2.08. The van der Waals surface area contributed by atoms with Crippen LogP contribution in [0.15, 0.2) is 30.3 Å². The van der Waals surface area contributed by atoms with E-state index < -0.39 is 0 Å². The molecular formula is C12H13BrO2. The molecule has 0 fully saturated rings. The summed E-state index contributed by atoms with van der Waals surface area (Å²) < 4.78 is 0. The summed E-state index contributed by atoms with van der Waals surface area (Å²) in [6, 6.07) is 9.81. The Morgan fingerprint density at radius 3 is 2.33 bits per heavy atom. The number of hydrogen-bond donors (Lipinski definition) is 0. The molecule has 0 aliphatic carbocycles. The van der Waals surface area contributed by atoms with Gasteiger partial charge in [0, 0.05) is 6.42 Å². The number of rotatable bonds is 6. The Morgan fingerprint density at radius 2 is 1.73 bits per heavy atom. The van der Waals surface area contributed by atoms with Crippen molar-refractivity contribution in [2.24, 2.45) is 0 Å². The van der Waals surface area contributed by atoms with E-state index in [1.54, 1.807) is 0 Å². The van der Waals surface area contributed by atoms with Gasteiger partial charge in [-0.05, 0) is 12.0 Å². The standard InChI is InChI=1S/C12H13BrO2/c13-9-12(15)8-11(14)7-6-10-4-2-1-3-5-10/h1-5H,6-9H2. The topological polar surface area (TPSA) is 34.1 Å². The van der Waals surface area contributed by atoms with Gasteiger partial charge in [-0.1, -0.05) is 46.3 Å². The van der Waals surface area contributed by atoms with Crippen LogP contribution in [0.25, 0.3) is 0 Å². The predicted octanol–water partition coefficient (Wildman–Crippen LogP) is 2.54. The minimum absolute atomic E-state index is 0.0169. The SMILES string of the molecule is O=C(CBr)CC(=O)CCc1ccccc1. The molecule has 0 unspecified atom stereocenters. The van der Waals surface area contributed by atoms with Crippen LogP contribution in [-0.4, -0.2) is 16.9 Å². The van der Waals surface area contributed by atoms with Crippen LogP contribution in [0.1, 0.15) is 18.4 Å². The molecule has 0 aromatic heterocycles. The summed E-state index contributed by atoms with van der Waals surface area (Å²) >= 11 is 3.04. The summed E-state index contributed by atoms with van der Waals surface area (Å²) in [4.78, 5) is 22.3. The van der Waals surface area contributed by atoms with Gasteiger partial charge in [-0.15, -0.1) is 0 Å². The van der Waals surface area contributed by atoms with E-state index in [1.165, 1.54) is 0 Å². The van der Waals surface area contributed by atoms with E-state index in [2.05, 4.69) is 15.9 Å². The summed E-state index contributed by atoms with van der Waals surface area (Å²) in [5.41, 5.74) is 1.14. The zero-order valence-electron chi connectivity index (χ0n) is 8.41. The highest BCUT2D eigenvalue weighted by Gasteiger charge is 2.07. The van der Waals surface area contributed by atoms with E-state index in [1.807, 2.05) is 30.3 Å². The monoisotopic (exact) mass is 268 g/mol. The Hall–Kier alpha value is -0.960. The van der Waals surface area contributed by atoms with Crippen molar-refractivity contribution in [3.05, 3.63) is 35.9 Å².